The molecule has 0 spiro atoms. The fraction of sp³-hybridized carbons (Fsp3) is 0.562. The number of carbonyl (C=O) groups excluding carboxylic acids is 4. The van der Waals surface area contributed by atoms with E-state index in [2.05, 4.69) is 12.6 Å². The van der Waals surface area contributed by atoms with Gasteiger partial charge in [0, 0.05) is 12.2 Å². The van der Waals surface area contributed by atoms with E-state index < -0.39 is 85.0 Å². The number of rotatable bonds is 15. The van der Waals surface area contributed by atoms with E-state index in [0.717, 1.165) is 0 Å². The summed E-state index contributed by atoms with van der Waals surface area (Å²) in [7, 11) is 0. The fourth-order valence-corrected chi connectivity index (χ4v) is 2.46. The molecule has 0 aliphatic carbocycles. The molecule has 0 aromatic heterocycles. The smallest absolute Gasteiger partial charge is 0.327 e. The van der Waals surface area contributed by atoms with Gasteiger partial charge in [-0.1, -0.05) is 0 Å². The van der Waals surface area contributed by atoms with E-state index in [9.17, 15) is 33.6 Å². The first-order valence-electron chi connectivity index (χ1n) is 9.00. The zero-order valence-corrected chi connectivity index (χ0v) is 17.5. The van der Waals surface area contributed by atoms with Crippen LogP contribution in [0.15, 0.2) is 0 Å². The molecule has 0 heterocycles. The van der Waals surface area contributed by atoms with Gasteiger partial charge in [-0.3, -0.25) is 28.8 Å². The molecule has 0 saturated carbocycles. The topological polar surface area (TPSA) is 268 Å². The number of thiol groups is 1. The number of nitrogens with two attached hydrogens (primary N) is 2. The Hall–Kier alpha value is -3.40. The number of carbonyl (C=O) groups is 7. The SMILES string of the molecule is NC(=O)CC(NC(=O)C(CC(=O)O)NC(=O)C(N)CCC(=O)O)C(=O)NC(CS)C(=O)O. The normalized spacial score (nSPS) is 14.2. The van der Waals surface area contributed by atoms with Crippen molar-refractivity contribution in [2.24, 2.45) is 11.5 Å². The summed E-state index contributed by atoms with van der Waals surface area (Å²) < 4.78 is 0. The molecule has 0 aliphatic heterocycles. The van der Waals surface area contributed by atoms with Crippen LogP contribution >= 0.6 is 12.6 Å². The number of hydrogen-bond donors (Lipinski definition) is 9. The van der Waals surface area contributed by atoms with Crippen LogP contribution in [0.4, 0.5) is 0 Å². The Labute approximate surface area is 186 Å². The molecule has 16 heteroatoms. The molecule has 32 heavy (non-hydrogen) atoms. The second kappa shape index (κ2) is 13.8. The van der Waals surface area contributed by atoms with Crippen LogP contribution in [-0.4, -0.2) is 86.8 Å². The van der Waals surface area contributed by atoms with Crippen molar-refractivity contribution in [2.75, 3.05) is 5.75 Å². The van der Waals surface area contributed by atoms with Crippen LogP contribution in [0.5, 0.6) is 0 Å². The molecular weight excluding hydrogens is 454 g/mol. The van der Waals surface area contributed by atoms with Crippen LogP contribution in [0.2, 0.25) is 0 Å². The van der Waals surface area contributed by atoms with Gasteiger partial charge in [-0.15, -0.1) is 0 Å². The number of aliphatic carboxylic acids is 3. The maximum Gasteiger partial charge on any atom is 0.327 e. The highest BCUT2D eigenvalue weighted by Crippen LogP contribution is 2.02. The number of amides is 4. The second-order valence-corrected chi connectivity index (χ2v) is 6.88. The Morgan fingerprint density at radius 3 is 1.62 bits per heavy atom. The van der Waals surface area contributed by atoms with Gasteiger partial charge in [-0.2, -0.15) is 12.6 Å². The minimum Gasteiger partial charge on any atom is -0.481 e. The van der Waals surface area contributed by atoms with Gasteiger partial charge in [0.1, 0.15) is 18.1 Å². The van der Waals surface area contributed by atoms with Gasteiger partial charge in [0.15, 0.2) is 0 Å². The summed E-state index contributed by atoms with van der Waals surface area (Å²) in [6.45, 7) is 0. The lowest BCUT2D eigenvalue weighted by atomic mass is 10.1. The summed E-state index contributed by atoms with van der Waals surface area (Å²) in [5.74, 6) is -8.88. The van der Waals surface area contributed by atoms with E-state index in [-0.39, 0.29) is 12.2 Å². The third-order valence-corrected chi connectivity index (χ3v) is 4.22. The minimum absolute atomic E-state index is 0.296. The van der Waals surface area contributed by atoms with Gasteiger partial charge < -0.3 is 42.7 Å². The van der Waals surface area contributed by atoms with E-state index >= 15 is 0 Å². The van der Waals surface area contributed by atoms with Crippen LogP contribution in [0.3, 0.4) is 0 Å². The lowest BCUT2D eigenvalue weighted by Crippen LogP contribution is -2.58. The van der Waals surface area contributed by atoms with Crippen LogP contribution in [0.1, 0.15) is 25.7 Å². The average molecular weight is 479 g/mol. The monoisotopic (exact) mass is 479 g/mol. The zero-order valence-electron chi connectivity index (χ0n) is 16.6. The first kappa shape index (κ1) is 28.6. The van der Waals surface area contributed by atoms with Crippen LogP contribution in [0.25, 0.3) is 0 Å². The Balaban J connectivity index is 5.43. The van der Waals surface area contributed by atoms with Crippen molar-refractivity contribution < 1.29 is 48.9 Å². The molecular formula is C16H25N5O10S. The largest absolute Gasteiger partial charge is 0.481 e. The van der Waals surface area contributed by atoms with E-state index in [1.54, 1.807) is 0 Å². The Morgan fingerprint density at radius 1 is 0.750 bits per heavy atom. The molecule has 0 rings (SSSR count). The summed E-state index contributed by atoms with van der Waals surface area (Å²) in [6, 6.07) is -6.26. The third-order valence-electron chi connectivity index (χ3n) is 3.85. The predicted octanol–water partition coefficient (Wildman–Crippen LogP) is -4.00. The van der Waals surface area contributed by atoms with Crippen molar-refractivity contribution >= 4 is 54.2 Å². The van der Waals surface area contributed by atoms with Gasteiger partial charge in [0.05, 0.1) is 18.9 Å². The summed E-state index contributed by atoms with van der Waals surface area (Å²) in [6.07, 6.45) is -2.46. The quantitative estimate of drug-likeness (QED) is 0.102. The van der Waals surface area contributed by atoms with Gasteiger partial charge in [0.2, 0.25) is 23.6 Å². The van der Waals surface area contributed by atoms with Crippen molar-refractivity contribution in [3.63, 3.8) is 0 Å². The molecule has 15 nitrogen and oxygen atoms in total. The lowest BCUT2D eigenvalue weighted by Gasteiger charge is -2.23. The number of carboxylic acid groups (broad SMARTS) is 3. The molecule has 0 aromatic carbocycles. The number of hydrogen-bond acceptors (Lipinski definition) is 9. The summed E-state index contributed by atoms with van der Waals surface area (Å²) in [5.41, 5.74) is 10.6. The van der Waals surface area contributed by atoms with Crippen molar-refractivity contribution in [3.8, 4) is 0 Å². The van der Waals surface area contributed by atoms with Gasteiger partial charge in [-0.25, -0.2) is 4.79 Å². The molecule has 0 saturated heterocycles. The number of carboxylic acids is 3. The van der Waals surface area contributed by atoms with Crippen LogP contribution < -0.4 is 27.4 Å². The maximum atomic E-state index is 12.5. The maximum absolute atomic E-state index is 12.5. The first-order chi connectivity index (χ1) is 14.8. The van der Waals surface area contributed by atoms with Crippen molar-refractivity contribution in [1.82, 2.24) is 16.0 Å². The van der Waals surface area contributed by atoms with Crippen molar-refractivity contribution in [3.05, 3.63) is 0 Å². The van der Waals surface area contributed by atoms with Gasteiger partial charge in [-0.05, 0) is 6.42 Å². The molecule has 0 radical (unpaired) electrons. The molecule has 10 N–H and O–H groups in total. The minimum atomic E-state index is -1.75. The van der Waals surface area contributed by atoms with Gasteiger partial charge in [0.25, 0.3) is 0 Å². The lowest BCUT2D eigenvalue weighted by molar-refractivity contribution is -0.143. The Kier molecular flexibility index (Phi) is 12.3. The zero-order chi connectivity index (χ0) is 25.0. The summed E-state index contributed by atoms with van der Waals surface area (Å²) >= 11 is 3.76. The molecule has 4 unspecified atom stereocenters. The van der Waals surface area contributed by atoms with Gasteiger partial charge >= 0.3 is 17.9 Å². The van der Waals surface area contributed by atoms with Crippen LogP contribution in [0, 0.1) is 0 Å². The molecule has 4 atom stereocenters. The first-order valence-corrected chi connectivity index (χ1v) is 9.63. The standard InChI is InChI=1S/C16H25N5O10S/c17-6(1-2-11(23)24)13(27)19-8(4-12(25)26)15(29)20-7(3-10(18)22)14(28)21-9(5-32)16(30)31/h6-9,32H,1-5,17H2,(H2,18,22)(H,19,27)(H,20,29)(H,21,28)(H,23,24)(H,25,26)(H,30,31). The number of primary amides is 1. The molecule has 4 amide bonds. The second-order valence-electron chi connectivity index (χ2n) is 6.51. The fourth-order valence-electron chi connectivity index (χ4n) is 2.21. The molecule has 0 bridgehead atoms. The van der Waals surface area contributed by atoms with E-state index in [0.29, 0.717) is 0 Å². The molecule has 180 valence electrons. The molecule has 0 fully saturated rings. The van der Waals surface area contributed by atoms with E-state index in [1.165, 1.54) is 0 Å². The highest BCUT2D eigenvalue weighted by atomic mass is 32.1. The van der Waals surface area contributed by atoms with E-state index in [4.69, 9.17) is 26.8 Å². The van der Waals surface area contributed by atoms with Crippen LogP contribution in [-0.2, 0) is 33.6 Å². The van der Waals surface area contributed by atoms with Crippen molar-refractivity contribution in [2.45, 2.75) is 49.9 Å². The highest BCUT2D eigenvalue weighted by molar-refractivity contribution is 7.80. The predicted molar refractivity (Wildman–Crippen MR) is 108 cm³/mol. The summed E-state index contributed by atoms with van der Waals surface area (Å²) in [4.78, 5) is 80.8. The van der Waals surface area contributed by atoms with Crippen molar-refractivity contribution in [1.29, 1.82) is 0 Å². The Morgan fingerprint density at radius 2 is 1.22 bits per heavy atom. The number of nitrogens with one attached hydrogen (secondary N) is 3. The molecule has 0 aliphatic rings. The Bertz CT molecular complexity index is 761. The summed E-state index contributed by atoms with van der Waals surface area (Å²) in [5, 5.41) is 32.7. The highest BCUT2D eigenvalue weighted by Gasteiger charge is 2.32. The average Bonchev–Trinajstić information content (AvgIpc) is 2.67. The molecule has 0 aromatic rings. The third kappa shape index (κ3) is 11.1. The van der Waals surface area contributed by atoms with E-state index in [1.807, 2.05) is 16.0 Å².